The largest absolute Gasteiger partial charge is 0.495 e. The van der Waals surface area contributed by atoms with Crippen LogP contribution in [0.4, 0.5) is 0 Å². The SMILES string of the molecule is COc1csc2ccc(Cl)c(CO)c12. The normalized spacial score (nSPS) is 10.8. The fourth-order valence-electron chi connectivity index (χ4n) is 1.45. The first-order valence-electron chi connectivity index (χ1n) is 4.11. The maximum atomic E-state index is 9.22. The molecule has 0 unspecified atom stereocenters. The van der Waals surface area contributed by atoms with E-state index >= 15 is 0 Å². The van der Waals surface area contributed by atoms with E-state index in [4.69, 9.17) is 16.3 Å². The average molecular weight is 229 g/mol. The van der Waals surface area contributed by atoms with Crippen LogP contribution in [-0.4, -0.2) is 12.2 Å². The minimum absolute atomic E-state index is 0.0662. The third-order valence-electron chi connectivity index (χ3n) is 2.13. The molecule has 0 saturated carbocycles. The summed E-state index contributed by atoms with van der Waals surface area (Å²) in [6.07, 6.45) is 0. The quantitative estimate of drug-likeness (QED) is 0.856. The monoisotopic (exact) mass is 228 g/mol. The molecule has 0 radical (unpaired) electrons. The van der Waals surface area contributed by atoms with Crippen LogP contribution in [-0.2, 0) is 6.61 Å². The van der Waals surface area contributed by atoms with Crippen LogP contribution >= 0.6 is 22.9 Å². The first kappa shape index (κ1) is 9.77. The van der Waals surface area contributed by atoms with E-state index in [0.717, 1.165) is 21.4 Å². The molecule has 1 aromatic carbocycles. The third kappa shape index (κ3) is 1.38. The number of ether oxygens (including phenoxy) is 1. The fourth-order valence-corrected chi connectivity index (χ4v) is 2.60. The van der Waals surface area contributed by atoms with Crippen LogP contribution in [0.25, 0.3) is 10.1 Å². The van der Waals surface area contributed by atoms with Gasteiger partial charge in [-0.05, 0) is 12.1 Å². The Morgan fingerprint density at radius 2 is 2.29 bits per heavy atom. The van der Waals surface area contributed by atoms with E-state index in [1.807, 2.05) is 11.4 Å². The Labute approximate surface area is 90.7 Å². The average Bonchev–Trinajstić information content (AvgIpc) is 2.61. The highest BCUT2D eigenvalue weighted by Crippen LogP contribution is 2.37. The van der Waals surface area contributed by atoms with Gasteiger partial charge in [-0.3, -0.25) is 0 Å². The number of fused-ring (bicyclic) bond motifs is 1. The number of hydrogen-bond donors (Lipinski definition) is 1. The van der Waals surface area contributed by atoms with Gasteiger partial charge in [0.05, 0.1) is 13.7 Å². The molecule has 74 valence electrons. The number of aliphatic hydroxyl groups is 1. The summed E-state index contributed by atoms with van der Waals surface area (Å²) in [5.41, 5.74) is 0.738. The molecule has 2 nitrogen and oxygen atoms in total. The van der Waals surface area contributed by atoms with E-state index < -0.39 is 0 Å². The maximum absolute atomic E-state index is 9.22. The molecule has 2 rings (SSSR count). The van der Waals surface area contributed by atoms with Crippen molar-refractivity contribution in [3.05, 3.63) is 28.1 Å². The summed E-state index contributed by atoms with van der Waals surface area (Å²) in [5, 5.41) is 12.6. The Kier molecular flexibility index (Phi) is 2.63. The molecule has 0 atom stereocenters. The van der Waals surface area contributed by atoms with Gasteiger partial charge >= 0.3 is 0 Å². The van der Waals surface area contributed by atoms with Crippen LogP contribution in [0.2, 0.25) is 5.02 Å². The predicted molar refractivity (Wildman–Crippen MR) is 59.3 cm³/mol. The van der Waals surface area contributed by atoms with Gasteiger partial charge in [-0.15, -0.1) is 11.3 Å². The highest BCUT2D eigenvalue weighted by molar-refractivity contribution is 7.17. The number of benzene rings is 1. The predicted octanol–water partition coefficient (Wildman–Crippen LogP) is 3.06. The van der Waals surface area contributed by atoms with Crippen LogP contribution in [0.3, 0.4) is 0 Å². The van der Waals surface area contributed by atoms with Crippen molar-refractivity contribution in [3.8, 4) is 5.75 Å². The Balaban J connectivity index is 2.81. The molecule has 4 heteroatoms. The van der Waals surface area contributed by atoms with Gasteiger partial charge in [0.15, 0.2) is 0 Å². The van der Waals surface area contributed by atoms with Crippen molar-refractivity contribution < 1.29 is 9.84 Å². The van der Waals surface area contributed by atoms with Crippen molar-refractivity contribution in [1.82, 2.24) is 0 Å². The Bertz CT molecular complexity index is 464. The lowest BCUT2D eigenvalue weighted by Crippen LogP contribution is -1.88. The number of aliphatic hydroxyl groups excluding tert-OH is 1. The van der Waals surface area contributed by atoms with Crippen LogP contribution in [0.5, 0.6) is 5.75 Å². The zero-order valence-corrected chi connectivity index (χ0v) is 9.15. The maximum Gasteiger partial charge on any atom is 0.137 e. The molecule has 0 aliphatic heterocycles. The van der Waals surface area contributed by atoms with Crippen LogP contribution in [0.1, 0.15) is 5.56 Å². The lowest BCUT2D eigenvalue weighted by molar-refractivity contribution is 0.283. The summed E-state index contributed by atoms with van der Waals surface area (Å²) >= 11 is 7.56. The number of hydrogen-bond acceptors (Lipinski definition) is 3. The van der Waals surface area contributed by atoms with Crippen LogP contribution < -0.4 is 4.74 Å². The van der Waals surface area contributed by atoms with Gasteiger partial charge in [0.1, 0.15) is 5.75 Å². The second kappa shape index (κ2) is 3.77. The van der Waals surface area contributed by atoms with Crippen molar-refractivity contribution in [3.63, 3.8) is 0 Å². The zero-order valence-electron chi connectivity index (χ0n) is 7.58. The molecule has 0 spiro atoms. The van der Waals surface area contributed by atoms with E-state index in [1.54, 1.807) is 24.5 Å². The van der Waals surface area contributed by atoms with Crippen molar-refractivity contribution in [2.24, 2.45) is 0 Å². The summed E-state index contributed by atoms with van der Waals surface area (Å²) in [5.74, 6) is 0.775. The van der Waals surface area contributed by atoms with Crippen molar-refractivity contribution >= 4 is 33.0 Å². The molecule has 0 fully saturated rings. The van der Waals surface area contributed by atoms with Gasteiger partial charge in [0, 0.05) is 26.1 Å². The summed E-state index contributed by atoms with van der Waals surface area (Å²) < 4.78 is 6.28. The first-order valence-corrected chi connectivity index (χ1v) is 5.37. The Morgan fingerprint density at radius 3 is 2.93 bits per heavy atom. The number of methoxy groups -OCH3 is 1. The Morgan fingerprint density at radius 1 is 1.50 bits per heavy atom. The molecule has 14 heavy (non-hydrogen) atoms. The minimum Gasteiger partial charge on any atom is -0.495 e. The smallest absolute Gasteiger partial charge is 0.137 e. The van der Waals surface area contributed by atoms with Gasteiger partial charge < -0.3 is 9.84 Å². The lowest BCUT2D eigenvalue weighted by atomic mass is 10.1. The number of rotatable bonds is 2. The zero-order chi connectivity index (χ0) is 10.1. The molecule has 1 aromatic heterocycles. The molecule has 1 heterocycles. The molecule has 0 aliphatic rings. The standard InChI is InChI=1S/C10H9ClO2S/c1-13-8-5-14-9-3-2-7(11)6(4-12)10(8)9/h2-3,5,12H,4H2,1H3. The van der Waals surface area contributed by atoms with Crippen LogP contribution in [0, 0.1) is 0 Å². The second-order valence-electron chi connectivity index (χ2n) is 2.86. The summed E-state index contributed by atoms with van der Waals surface area (Å²) in [6.45, 7) is -0.0662. The number of thiophene rings is 1. The van der Waals surface area contributed by atoms with Gasteiger partial charge in [0.25, 0.3) is 0 Å². The van der Waals surface area contributed by atoms with Crippen molar-refractivity contribution in [2.45, 2.75) is 6.61 Å². The van der Waals surface area contributed by atoms with Gasteiger partial charge in [-0.25, -0.2) is 0 Å². The molecular formula is C10H9ClO2S. The number of halogens is 1. The van der Waals surface area contributed by atoms with Crippen LogP contribution in [0.15, 0.2) is 17.5 Å². The van der Waals surface area contributed by atoms with E-state index in [1.165, 1.54) is 0 Å². The Hall–Kier alpha value is -0.770. The first-order chi connectivity index (χ1) is 6.77. The molecule has 0 saturated heterocycles. The van der Waals surface area contributed by atoms with E-state index in [0.29, 0.717) is 5.02 Å². The van der Waals surface area contributed by atoms with E-state index in [2.05, 4.69) is 0 Å². The molecule has 2 aromatic rings. The van der Waals surface area contributed by atoms with E-state index in [-0.39, 0.29) is 6.61 Å². The summed E-state index contributed by atoms with van der Waals surface area (Å²) in [6, 6.07) is 3.73. The molecule has 1 N–H and O–H groups in total. The van der Waals surface area contributed by atoms with Crippen molar-refractivity contribution in [2.75, 3.05) is 7.11 Å². The minimum atomic E-state index is -0.0662. The van der Waals surface area contributed by atoms with Gasteiger partial charge in [-0.1, -0.05) is 11.6 Å². The highest BCUT2D eigenvalue weighted by atomic mass is 35.5. The fraction of sp³-hybridized carbons (Fsp3) is 0.200. The highest BCUT2D eigenvalue weighted by Gasteiger charge is 2.11. The lowest BCUT2D eigenvalue weighted by Gasteiger charge is -2.04. The molecular weight excluding hydrogens is 220 g/mol. The van der Waals surface area contributed by atoms with Gasteiger partial charge in [0.2, 0.25) is 0 Å². The topological polar surface area (TPSA) is 29.5 Å². The van der Waals surface area contributed by atoms with Gasteiger partial charge in [-0.2, -0.15) is 0 Å². The van der Waals surface area contributed by atoms with E-state index in [9.17, 15) is 5.11 Å². The molecule has 0 bridgehead atoms. The summed E-state index contributed by atoms with van der Waals surface area (Å²) in [4.78, 5) is 0. The molecule has 0 amide bonds. The second-order valence-corrected chi connectivity index (χ2v) is 4.18. The summed E-state index contributed by atoms with van der Waals surface area (Å²) in [7, 11) is 1.61. The third-order valence-corrected chi connectivity index (χ3v) is 3.42. The molecule has 0 aliphatic carbocycles. The van der Waals surface area contributed by atoms with Crippen molar-refractivity contribution in [1.29, 1.82) is 0 Å².